The first-order valence-corrected chi connectivity index (χ1v) is 19.7. The summed E-state index contributed by atoms with van der Waals surface area (Å²) in [6.45, 7) is 0. The van der Waals surface area contributed by atoms with E-state index in [4.69, 9.17) is 8.83 Å². The Morgan fingerprint density at radius 2 is 0.946 bits per heavy atom. The van der Waals surface area contributed by atoms with Crippen LogP contribution in [-0.2, 0) is 0 Å². The molecule has 3 aromatic heterocycles. The molecule has 0 saturated heterocycles. The Morgan fingerprint density at radius 1 is 0.393 bits per heavy atom. The molecule has 0 aliphatic rings. The molecule has 9 aromatic carbocycles. The second kappa shape index (κ2) is 12.2. The number of rotatable bonds is 5. The number of thiophene rings is 1. The lowest BCUT2D eigenvalue weighted by Crippen LogP contribution is -2.10. The van der Waals surface area contributed by atoms with E-state index in [1.165, 1.54) is 31.3 Å². The van der Waals surface area contributed by atoms with Crippen LogP contribution in [0.2, 0.25) is 0 Å². The molecule has 0 bridgehead atoms. The third kappa shape index (κ3) is 4.70. The maximum absolute atomic E-state index is 6.68. The minimum absolute atomic E-state index is 0.876. The van der Waals surface area contributed by atoms with Gasteiger partial charge >= 0.3 is 0 Å². The summed E-state index contributed by atoms with van der Waals surface area (Å²) in [5.74, 6) is 0. The molecule has 56 heavy (non-hydrogen) atoms. The van der Waals surface area contributed by atoms with Crippen LogP contribution in [0.5, 0.6) is 0 Å². The fourth-order valence-corrected chi connectivity index (χ4v) is 9.91. The molecule has 0 amide bonds. The lowest BCUT2D eigenvalue weighted by atomic mass is 9.99. The molecule has 0 fully saturated rings. The van der Waals surface area contributed by atoms with E-state index in [1.807, 2.05) is 29.5 Å². The van der Waals surface area contributed by atoms with E-state index >= 15 is 0 Å². The number of para-hydroxylation sites is 3. The Morgan fingerprint density at radius 3 is 1.71 bits per heavy atom. The standard InChI is InChI=1S/C52H31NO2S/c1-2-12-38-34(11-1)31-45(49-44-15-4-7-21-47(44)55-51(38)49)53(35-27-23-32(24-28-35)37-16-9-18-42-40-13-3-6-20-46(40)54-50(37)42)36-29-25-33(26-30-36)39-17-10-19-43-41-14-5-8-22-48(41)56-52(39)43/h1-31H. The molecule has 0 atom stereocenters. The molecule has 0 spiro atoms. The van der Waals surface area contributed by atoms with Crippen LogP contribution in [0.15, 0.2) is 197 Å². The maximum atomic E-state index is 6.68. The first-order chi connectivity index (χ1) is 27.8. The molecule has 262 valence electrons. The summed E-state index contributed by atoms with van der Waals surface area (Å²) < 4.78 is 15.7. The predicted octanol–water partition coefficient (Wildman–Crippen LogP) is 15.8. The van der Waals surface area contributed by atoms with Gasteiger partial charge in [0.05, 0.1) is 11.1 Å². The van der Waals surface area contributed by atoms with E-state index in [9.17, 15) is 0 Å². The minimum atomic E-state index is 0.876. The SMILES string of the molecule is c1ccc2c(c1)cc(N(c1ccc(-c3cccc4c3oc3ccccc34)cc1)c1ccc(-c3cccc4c3sc3ccccc34)cc1)c1c3ccccc3oc21. The molecule has 3 nitrogen and oxygen atoms in total. The number of hydrogen-bond acceptors (Lipinski definition) is 4. The highest BCUT2D eigenvalue weighted by Crippen LogP contribution is 2.47. The van der Waals surface area contributed by atoms with Gasteiger partial charge in [-0.1, -0.05) is 140 Å². The Kier molecular flexibility index (Phi) is 6.80. The van der Waals surface area contributed by atoms with E-state index in [-0.39, 0.29) is 0 Å². The maximum Gasteiger partial charge on any atom is 0.145 e. The number of anilines is 3. The number of hydrogen-bond donors (Lipinski definition) is 0. The number of furan rings is 2. The Labute approximate surface area is 325 Å². The molecule has 0 N–H and O–H groups in total. The summed E-state index contributed by atoms with van der Waals surface area (Å²) >= 11 is 1.87. The molecule has 0 unspecified atom stereocenters. The Bertz CT molecular complexity index is 3320. The summed E-state index contributed by atoms with van der Waals surface area (Å²) in [6.07, 6.45) is 0. The number of nitrogens with zero attached hydrogens (tertiary/aromatic N) is 1. The molecule has 3 heterocycles. The lowest BCUT2D eigenvalue weighted by Gasteiger charge is -2.27. The van der Waals surface area contributed by atoms with Crippen molar-refractivity contribution in [2.24, 2.45) is 0 Å². The van der Waals surface area contributed by atoms with Crippen LogP contribution in [0, 0.1) is 0 Å². The van der Waals surface area contributed by atoms with Crippen LogP contribution >= 0.6 is 11.3 Å². The molecule has 12 rings (SSSR count). The highest BCUT2D eigenvalue weighted by Gasteiger charge is 2.22. The van der Waals surface area contributed by atoms with Crippen LogP contribution < -0.4 is 4.90 Å². The average Bonchev–Trinajstić information content (AvgIpc) is 3.96. The van der Waals surface area contributed by atoms with Crippen LogP contribution in [0.4, 0.5) is 17.1 Å². The normalized spacial score (nSPS) is 11.9. The zero-order valence-electron chi connectivity index (χ0n) is 30.1. The van der Waals surface area contributed by atoms with E-state index in [2.05, 4.69) is 175 Å². The fourth-order valence-electron chi connectivity index (χ4n) is 8.67. The second-order valence-electron chi connectivity index (χ2n) is 14.4. The fraction of sp³-hybridized carbons (Fsp3) is 0. The predicted molar refractivity (Wildman–Crippen MR) is 237 cm³/mol. The van der Waals surface area contributed by atoms with Gasteiger partial charge in [0.25, 0.3) is 0 Å². The summed E-state index contributed by atoms with van der Waals surface area (Å²) in [6, 6.07) is 67.2. The molecule has 4 heteroatoms. The first kappa shape index (κ1) is 31.2. The molecular weight excluding hydrogens is 703 g/mol. The molecule has 0 radical (unpaired) electrons. The summed E-state index contributed by atoms with van der Waals surface area (Å²) in [5, 5.41) is 9.28. The van der Waals surface area contributed by atoms with Crippen LogP contribution in [0.3, 0.4) is 0 Å². The van der Waals surface area contributed by atoms with Crippen molar-refractivity contribution in [3.8, 4) is 22.3 Å². The summed E-state index contributed by atoms with van der Waals surface area (Å²) in [5.41, 5.74) is 11.4. The van der Waals surface area contributed by atoms with Crippen molar-refractivity contribution >= 4 is 103 Å². The summed E-state index contributed by atoms with van der Waals surface area (Å²) in [7, 11) is 0. The van der Waals surface area contributed by atoms with Crippen molar-refractivity contribution < 1.29 is 8.83 Å². The van der Waals surface area contributed by atoms with E-state index in [0.29, 0.717) is 0 Å². The van der Waals surface area contributed by atoms with Gasteiger partial charge in [-0.25, -0.2) is 0 Å². The largest absolute Gasteiger partial charge is 0.455 e. The van der Waals surface area contributed by atoms with E-state index < -0.39 is 0 Å². The van der Waals surface area contributed by atoms with Gasteiger partial charge in [0, 0.05) is 58.7 Å². The van der Waals surface area contributed by atoms with Crippen LogP contribution in [0.1, 0.15) is 0 Å². The minimum Gasteiger partial charge on any atom is -0.455 e. The van der Waals surface area contributed by atoms with Crippen LogP contribution in [-0.4, -0.2) is 0 Å². The van der Waals surface area contributed by atoms with E-state index in [0.717, 1.165) is 82.8 Å². The van der Waals surface area contributed by atoms with Crippen molar-refractivity contribution in [3.05, 3.63) is 188 Å². The smallest absolute Gasteiger partial charge is 0.145 e. The van der Waals surface area contributed by atoms with Gasteiger partial charge in [-0.05, 0) is 70.6 Å². The van der Waals surface area contributed by atoms with Gasteiger partial charge in [-0.3, -0.25) is 0 Å². The van der Waals surface area contributed by atoms with Crippen molar-refractivity contribution in [3.63, 3.8) is 0 Å². The highest BCUT2D eigenvalue weighted by molar-refractivity contribution is 7.26. The van der Waals surface area contributed by atoms with Crippen molar-refractivity contribution in [2.75, 3.05) is 4.90 Å². The van der Waals surface area contributed by atoms with Crippen molar-refractivity contribution in [1.29, 1.82) is 0 Å². The third-order valence-corrected chi connectivity index (χ3v) is 12.5. The van der Waals surface area contributed by atoms with Gasteiger partial charge in [0.15, 0.2) is 0 Å². The van der Waals surface area contributed by atoms with Gasteiger partial charge in [0.1, 0.15) is 22.3 Å². The third-order valence-electron chi connectivity index (χ3n) is 11.3. The quantitative estimate of drug-likeness (QED) is 0.176. The van der Waals surface area contributed by atoms with Gasteiger partial charge in [-0.15, -0.1) is 11.3 Å². The van der Waals surface area contributed by atoms with Crippen molar-refractivity contribution in [2.45, 2.75) is 0 Å². The topological polar surface area (TPSA) is 29.5 Å². The molecule has 12 aromatic rings. The molecule has 0 aliphatic heterocycles. The number of benzene rings is 9. The first-order valence-electron chi connectivity index (χ1n) is 18.9. The molecular formula is C52H31NO2S. The van der Waals surface area contributed by atoms with Crippen LogP contribution in [0.25, 0.3) is 97.1 Å². The second-order valence-corrected chi connectivity index (χ2v) is 15.5. The van der Waals surface area contributed by atoms with Gasteiger partial charge in [-0.2, -0.15) is 0 Å². The Hall–Kier alpha value is -7.14. The average molecular weight is 734 g/mol. The summed E-state index contributed by atoms with van der Waals surface area (Å²) in [4.78, 5) is 2.38. The Balaban J connectivity index is 1.05. The van der Waals surface area contributed by atoms with Crippen molar-refractivity contribution in [1.82, 2.24) is 0 Å². The van der Waals surface area contributed by atoms with E-state index in [1.54, 1.807) is 0 Å². The van der Waals surface area contributed by atoms with Gasteiger partial charge < -0.3 is 13.7 Å². The number of fused-ring (bicyclic) bond motifs is 11. The zero-order valence-corrected chi connectivity index (χ0v) is 30.9. The van der Waals surface area contributed by atoms with Gasteiger partial charge in [0.2, 0.25) is 0 Å². The molecule has 0 saturated carbocycles. The highest BCUT2D eigenvalue weighted by atomic mass is 32.1. The molecule has 0 aliphatic carbocycles. The lowest BCUT2D eigenvalue weighted by molar-refractivity contribution is 0.670. The monoisotopic (exact) mass is 733 g/mol. The zero-order chi connectivity index (χ0) is 36.7.